The largest absolute Gasteiger partial charge is 0.343 e. The molecule has 2 aromatic rings. The van der Waals surface area contributed by atoms with Crippen molar-refractivity contribution < 1.29 is 13.2 Å². The molecule has 0 saturated carbocycles. The summed E-state index contributed by atoms with van der Waals surface area (Å²) in [7, 11) is -3.42. The van der Waals surface area contributed by atoms with Crippen LogP contribution in [0, 0.1) is 0 Å². The summed E-state index contributed by atoms with van der Waals surface area (Å²) in [6, 6.07) is 9.97. The summed E-state index contributed by atoms with van der Waals surface area (Å²) >= 11 is 1.56. The Hall–Kier alpha value is -1.66. The van der Waals surface area contributed by atoms with Crippen molar-refractivity contribution in [2.45, 2.75) is 43.9 Å². The Morgan fingerprint density at radius 1 is 1.16 bits per heavy atom. The molecule has 0 aliphatic heterocycles. The Bertz CT molecular complexity index is 857. The third-order valence-corrected chi connectivity index (χ3v) is 7.27. The van der Waals surface area contributed by atoms with E-state index in [4.69, 9.17) is 0 Å². The average molecular weight is 378 g/mol. The second kappa shape index (κ2) is 7.30. The van der Waals surface area contributed by atoms with Gasteiger partial charge in [-0.15, -0.1) is 11.3 Å². The van der Waals surface area contributed by atoms with Gasteiger partial charge in [0.2, 0.25) is 5.91 Å². The van der Waals surface area contributed by atoms with Gasteiger partial charge in [0.1, 0.15) is 5.25 Å². The molecule has 0 saturated heterocycles. The lowest BCUT2D eigenvalue weighted by atomic mass is 9.89. The van der Waals surface area contributed by atoms with Gasteiger partial charge in [0, 0.05) is 11.1 Å². The number of thiophene rings is 1. The number of hydrogen-bond acceptors (Lipinski definition) is 4. The number of rotatable bonds is 5. The Balaban J connectivity index is 1.92. The van der Waals surface area contributed by atoms with E-state index in [1.165, 1.54) is 30.9 Å². The highest BCUT2D eigenvalue weighted by atomic mass is 32.2. The molecular weight excluding hydrogens is 354 g/mol. The van der Waals surface area contributed by atoms with Gasteiger partial charge in [-0.2, -0.15) is 0 Å². The average Bonchev–Trinajstić information content (AvgIpc) is 3.11. The summed E-state index contributed by atoms with van der Waals surface area (Å²) in [6.07, 6.45) is 5.68. The number of carbonyl (C=O) groups excluding carboxylic acids is 1. The van der Waals surface area contributed by atoms with Gasteiger partial charge in [-0.1, -0.05) is 24.3 Å². The van der Waals surface area contributed by atoms with Crippen LogP contribution in [0.25, 0.3) is 0 Å². The van der Waals surface area contributed by atoms with Gasteiger partial charge in [-0.05, 0) is 60.7 Å². The van der Waals surface area contributed by atoms with Crippen LogP contribution in [0.1, 0.15) is 47.4 Å². The van der Waals surface area contributed by atoms with Gasteiger partial charge in [0.15, 0.2) is 9.84 Å². The number of hydrogen-bond donors (Lipinski definition) is 1. The van der Waals surface area contributed by atoms with E-state index in [1.54, 1.807) is 11.3 Å². The van der Waals surface area contributed by atoms with E-state index in [0.29, 0.717) is 0 Å². The van der Waals surface area contributed by atoms with Gasteiger partial charge in [0.05, 0.1) is 6.04 Å². The molecule has 1 aliphatic carbocycles. The Morgan fingerprint density at radius 3 is 2.52 bits per heavy atom. The van der Waals surface area contributed by atoms with E-state index >= 15 is 0 Å². The maximum absolute atomic E-state index is 12.5. The molecule has 25 heavy (non-hydrogen) atoms. The van der Waals surface area contributed by atoms with Crippen LogP contribution in [0.5, 0.6) is 0 Å². The first-order valence-corrected chi connectivity index (χ1v) is 11.3. The van der Waals surface area contributed by atoms with E-state index in [9.17, 15) is 13.2 Å². The molecule has 0 unspecified atom stereocenters. The normalized spacial score (nSPS) is 16.7. The van der Waals surface area contributed by atoms with Crippen LogP contribution in [-0.2, 0) is 27.5 Å². The summed E-state index contributed by atoms with van der Waals surface area (Å²) < 4.78 is 23.4. The molecule has 0 radical (unpaired) electrons. The SMILES string of the molecule is C[C@H](C(=O)N[C@@H](c1ccc2c(c1)CCCC2)c1cccs1)S(C)(=O)=O. The molecule has 1 heterocycles. The lowest BCUT2D eigenvalue weighted by Gasteiger charge is -2.23. The predicted molar refractivity (Wildman–Crippen MR) is 102 cm³/mol. The quantitative estimate of drug-likeness (QED) is 0.870. The van der Waals surface area contributed by atoms with Crippen molar-refractivity contribution in [1.29, 1.82) is 0 Å². The first-order chi connectivity index (χ1) is 11.9. The summed E-state index contributed by atoms with van der Waals surface area (Å²) in [5.74, 6) is -0.460. The van der Waals surface area contributed by atoms with E-state index in [0.717, 1.165) is 29.5 Å². The summed E-state index contributed by atoms with van der Waals surface area (Å²) in [5, 5.41) is 3.84. The minimum Gasteiger partial charge on any atom is -0.343 e. The van der Waals surface area contributed by atoms with Crippen LogP contribution in [0.3, 0.4) is 0 Å². The number of amides is 1. The second-order valence-electron chi connectivity index (χ2n) is 6.66. The van der Waals surface area contributed by atoms with Crippen molar-refractivity contribution >= 4 is 27.1 Å². The number of fused-ring (bicyclic) bond motifs is 1. The molecule has 134 valence electrons. The van der Waals surface area contributed by atoms with Crippen LogP contribution in [0.4, 0.5) is 0 Å². The molecule has 2 atom stereocenters. The molecule has 4 nitrogen and oxygen atoms in total. The Morgan fingerprint density at radius 2 is 1.88 bits per heavy atom. The topological polar surface area (TPSA) is 63.2 Å². The smallest absolute Gasteiger partial charge is 0.238 e. The predicted octanol–water partition coefficient (Wildman–Crippen LogP) is 3.27. The Kier molecular flexibility index (Phi) is 5.29. The molecule has 0 fully saturated rings. The van der Waals surface area contributed by atoms with Crippen molar-refractivity contribution in [3.05, 3.63) is 57.3 Å². The lowest BCUT2D eigenvalue weighted by molar-refractivity contribution is -0.120. The highest BCUT2D eigenvalue weighted by Crippen LogP contribution is 2.30. The zero-order valence-corrected chi connectivity index (χ0v) is 16.1. The zero-order valence-electron chi connectivity index (χ0n) is 14.5. The lowest BCUT2D eigenvalue weighted by Crippen LogP contribution is -2.39. The monoisotopic (exact) mass is 377 g/mol. The van der Waals surface area contributed by atoms with Crippen LogP contribution < -0.4 is 5.32 Å². The zero-order chi connectivity index (χ0) is 18.0. The van der Waals surface area contributed by atoms with Crippen LogP contribution >= 0.6 is 11.3 Å². The van der Waals surface area contributed by atoms with Gasteiger partial charge in [-0.25, -0.2) is 8.42 Å². The summed E-state index contributed by atoms with van der Waals surface area (Å²) in [6.45, 7) is 1.43. The molecule has 1 N–H and O–H groups in total. The maximum atomic E-state index is 12.5. The van der Waals surface area contributed by atoms with Crippen molar-refractivity contribution in [3.63, 3.8) is 0 Å². The van der Waals surface area contributed by atoms with Gasteiger partial charge in [0.25, 0.3) is 0 Å². The third-order valence-electron chi connectivity index (χ3n) is 4.83. The van der Waals surface area contributed by atoms with Gasteiger partial charge >= 0.3 is 0 Å². The second-order valence-corrected chi connectivity index (χ2v) is 10.0. The summed E-state index contributed by atoms with van der Waals surface area (Å²) in [5.41, 5.74) is 3.74. The van der Waals surface area contributed by atoms with Gasteiger partial charge in [-0.3, -0.25) is 4.79 Å². The van der Waals surface area contributed by atoms with Crippen molar-refractivity contribution in [1.82, 2.24) is 5.32 Å². The number of nitrogens with one attached hydrogen (secondary N) is 1. The van der Waals surface area contributed by atoms with E-state index in [2.05, 4.69) is 23.5 Å². The number of carbonyl (C=O) groups is 1. The van der Waals surface area contributed by atoms with E-state index in [-0.39, 0.29) is 6.04 Å². The number of benzene rings is 1. The molecule has 1 aromatic heterocycles. The fourth-order valence-electron chi connectivity index (χ4n) is 3.16. The fourth-order valence-corrected chi connectivity index (χ4v) is 4.42. The molecular formula is C19H23NO3S2. The molecule has 1 aromatic carbocycles. The highest BCUT2D eigenvalue weighted by molar-refractivity contribution is 7.92. The number of sulfone groups is 1. The van der Waals surface area contributed by atoms with Crippen molar-refractivity contribution in [3.8, 4) is 0 Å². The third kappa shape index (κ3) is 4.12. The standard InChI is InChI=1S/C19H23NO3S2/c1-13(25(2,22)23)19(21)20-18(17-8-5-11-24-17)16-10-9-14-6-3-4-7-15(14)12-16/h5,8-13,18H,3-4,6-7H2,1-2H3,(H,20,21)/t13-,18+/m1/s1. The number of aryl methyl sites for hydroxylation is 2. The fraction of sp³-hybridized carbons (Fsp3) is 0.421. The first kappa shape index (κ1) is 18.1. The van der Waals surface area contributed by atoms with Gasteiger partial charge < -0.3 is 5.32 Å². The van der Waals surface area contributed by atoms with Crippen molar-refractivity contribution in [2.24, 2.45) is 0 Å². The molecule has 0 spiro atoms. The highest BCUT2D eigenvalue weighted by Gasteiger charge is 2.27. The summed E-state index contributed by atoms with van der Waals surface area (Å²) in [4.78, 5) is 13.5. The van der Waals surface area contributed by atoms with Crippen LogP contribution in [0.2, 0.25) is 0 Å². The van der Waals surface area contributed by atoms with E-state index < -0.39 is 21.0 Å². The molecule has 0 bridgehead atoms. The molecule has 6 heteroatoms. The first-order valence-electron chi connectivity index (χ1n) is 8.50. The molecule has 3 rings (SSSR count). The molecule has 1 amide bonds. The van der Waals surface area contributed by atoms with E-state index in [1.807, 2.05) is 17.5 Å². The Labute approximate surface area is 153 Å². The molecule has 1 aliphatic rings. The maximum Gasteiger partial charge on any atom is 0.238 e. The van der Waals surface area contributed by atoms with Crippen molar-refractivity contribution in [2.75, 3.05) is 6.26 Å². The van der Waals surface area contributed by atoms with Crippen LogP contribution in [-0.4, -0.2) is 25.8 Å². The van der Waals surface area contributed by atoms with Crippen LogP contribution in [0.15, 0.2) is 35.7 Å². The minimum atomic E-state index is -3.42. The minimum absolute atomic E-state index is 0.316.